The Kier molecular flexibility index (Phi) is 3.67. The van der Waals surface area contributed by atoms with Crippen molar-refractivity contribution in [3.05, 3.63) is 48.5 Å². The van der Waals surface area contributed by atoms with Gasteiger partial charge in [0, 0.05) is 30.2 Å². The molecule has 1 aliphatic rings. The number of benzene rings is 1. The fourth-order valence-corrected chi connectivity index (χ4v) is 2.31. The van der Waals surface area contributed by atoms with Gasteiger partial charge in [0.1, 0.15) is 6.04 Å². The number of rotatable bonds is 2. The predicted octanol–water partition coefficient (Wildman–Crippen LogP) is 1.24. The Balaban J connectivity index is 1.80. The number of aromatic nitrogens is 2. The zero-order valence-corrected chi connectivity index (χ0v) is 11.3. The number of morpholine rings is 1. The van der Waals surface area contributed by atoms with Gasteiger partial charge in [-0.3, -0.25) is 4.79 Å². The van der Waals surface area contributed by atoms with Crippen LogP contribution in [0.25, 0.3) is 5.69 Å². The van der Waals surface area contributed by atoms with Crippen molar-refractivity contribution in [2.24, 2.45) is 0 Å². The zero-order valence-electron chi connectivity index (χ0n) is 11.3. The molecule has 0 spiro atoms. The summed E-state index contributed by atoms with van der Waals surface area (Å²) < 4.78 is 7.09. The van der Waals surface area contributed by atoms with E-state index in [1.807, 2.05) is 22.9 Å². The third-order valence-corrected chi connectivity index (χ3v) is 3.46. The normalized spacial score (nSPS) is 18.2. The zero-order chi connectivity index (χ0) is 14.7. The molecule has 1 aliphatic heterocycles. The van der Waals surface area contributed by atoms with Crippen LogP contribution in [0, 0.1) is 11.3 Å². The number of hydrogen-bond acceptors (Lipinski definition) is 4. The van der Waals surface area contributed by atoms with Crippen LogP contribution in [-0.4, -0.2) is 46.2 Å². The maximum atomic E-state index is 12.5. The minimum absolute atomic E-state index is 0.137. The third kappa shape index (κ3) is 2.64. The van der Waals surface area contributed by atoms with Gasteiger partial charge in [-0.2, -0.15) is 5.26 Å². The first-order valence-electron chi connectivity index (χ1n) is 6.66. The molecular formula is C15H14N4O2. The number of imidazole rings is 1. The molecule has 21 heavy (non-hydrogen) atoms. The first-order valence-corrected chi connectivity index (χ1v) is 6.66. The summed E-state index contributed by atoms with van der Waals surface area (Å²) in [6, 6.07) is 8.84. The van der Waals surface area contributed by atoms with Crippen LogP contribution < -0.4 is 0 Å². The van der Waals surface area contributed by atoms with E-state index in [0.717, 1.165) is 5.69 Å². The molecule has 0 aliphatic carbocycles. The standard InChI is InChI=1S/C15H14N4O2/c16-9-14-10-21-8-7-19(14)15(20)12-1-3-13(4-2-12)18-6-5-17-11-18/h1-6,11,14H,7-8,10H2/t14-/m1/s1. The summed E-state index contributed by atoms with van der Waals surface area (Å²) in [4.78, 5) is 18.0. The molecule has 1 atom stereocenters. The predicted molar refractivity (Wildman–Crippen MR) is 74.8 cm³/mol. The minimum Gasteiger partial charge on any atom is -0.376 e. The third-order valence-electron chi connectivity index (χ3n) is 3.46. The number of carbonyl (C=O) groups excluding carboxylic acids is 1. The molecule has 0 unspecified atom stereocenters. The molecule has 2 aromatic rings. The van der Waals surface area contributed by atoms with Gasteiger partial charge in [-0.1, -0.05) is 0 Å². The quantitative estimate of drug-likeness (QED) is 0.830. The summed E-state index contributed by atoms with van der Waals surface area (Å²) in [6.45, 7) is 1.19. The highest BCUT2D eigenvalue weighted by Gasteiger charge is 2.27. The molecular weight excluding hydrogens is 268 g/mol. The van der Waals surface area contributed by atoms with Crippen molar-refractivity contribution in [2.75, 3.05) is 19.8 Å². The van der Waals surface area contributed by atoms with Crippen LogP contribution in [0.4, 0.5) is 0 Å². The van der Waals surface area contributed by atoms with Gasteiger partial charge in [0.2, 0.25) is 0 Å². The average molecular weight is 282 g/mol. The number of carbonyl (C=O) groups is 1. The van der Waals surface area contributed by atoms with Crippen LogP contribution in [0.5, 0.6) is 0 Å². The van der Waals surface area contributed by atoms with E-state index in [-0.39, 0.29) is 12.5 Å². The second-order valence-corrected chi connectivity index (χ2v) is 4.74. The molecule has 106 valence electrons. The van der Waals surface area contributed by atoms with Crippen molar-refractivity contribution >= 4 is 5.91 Å². The second-order valence-electron chi connectivity index (χ2n) is 4.74. The summed E-state index contributed by atoms with van der Waals surface area (Å²) in [7, 11) is 0. The molecule has 1 fully saturated rings. The Labute approximate surface area is 122 Å². The van der Waals surface area contributed by atoms with Gasteiger partial charge in [-0.15, -0.1) is 0 Å². The smallest absolute Gasteiger partial charge is 0.255 e. The number of amides is 1. The van der Waals surface area contributed by atoms with Gasteiger partial charge >= 0.3 is 0 Å². The molecule has 6 nitrogen and oxygen atoms in total. The molecule has 3 rings (SSSR count). The SMILES string of the molecule is N#C[C@@H]1COCCN1C(=O)c1ccc(-n2ccnc2)cc1. The largest absolute Gasteiger partial charge is 0.376 e. The summed E-state index contributed by atoms with van der Waals surface area (Å²) in [5, 5.41) is 9.09. The Morgan fingerprint density at radius 3 is 2.86 bits per heavy atom. The lowest BCUT2D eigenvalue weighted by Crippen LogP contribution is -2.47. The number of ether oxygens (including phenoxy) is 1. The van der Waals surface area contributed by atoms with Crippen molar-refractivity contribution < 1.29 is 9.53 Å². The highest BCUT2D eigenvalue weighted by atomic mass is 16.5. The Morgan fingerprint density at radius 1 is 1.38 bits per heavy atom. The van der Waals surface area contributed by atoms with Crippen LogP contribution in [-0.2, 0) is 4.74 Å². The van der Waals surface area contributed by atoms with Gasteiger partial charge in [-0.05, 0) is 24.3 Å². The molecule has 1 aromatic carbocycles. The van der Waals surface area contributed by atoms with E-state index in [9.17, 15) is 4.79 Å². The first kappa shape index (κ1) is 13.3. The maximum Gasteiger partial charge on any atom is 0.255 e. The molecule has 2 heterocycles. The molecule has 0 radical (unpaired) electrons. The van der Waals surface area contributed by atoms with E-state index < -0.39 is 6.04 Å². The average Bonchev–Trinajstić information content (AvgIpc) is 3.09. The highest BCUT2D eigenvalue weighted by molar-refractivity contribution is 5.94. The molecule has 1 aromatic heterocycles. The van der Waals surface area contributed by atoms with Crippen molar-refractivity contribution in [3.63, 3.8) is 0 Å². The van der Waals surface area contributed by atoms with Crippen molar-refractivity contribution in [2.45, 2.75) is 6.04 Å². The molecule has 0 bridgehead atoms. The summed E-state index contributed by atoms with van der Waals surface area (Å²) in [5.74, 6) is -0.137. The maximum absolute atomic E-state index is 12.5. The van der Waals surface area contributed by atoms with Crippen molar-refractivity contribution in [3.8, 4) is 11.8 Å². The minimum atomic E-state index is -0.514. The summed E-state index contributed by atoms with van der Waals surface area (Å²) >= 11 is 0. The molecule has 0 N–H and O–H groups in total. The van der Waals surface area contributed by atoms with Crippen LogP contribution in [0.3, 0.4) is 0 Å². The Hall–Kier alpha value is -2.65. The van der Waals surface area contributed by atoms with Crippen LogP contribution in [0.1, 0.15) is 10.4 Å². The highest BCUT2D eigenvalue weighted by Crippen LogP contribution is 2.14. The summed E-state index contributed by atoms with van der Waals surface area (Å²) in [5.41, 5.74) is 1.50. The Morgan fingerprint density at radius 2 is 2.19 bits per heavy atom. The van der Waals surface area contributed by atoms with Crippen LogP contribution in [0.2, 0.25) is 0 Å². The summed E-state index contributed by atoms with van der Waals surface area (Å²) in [6.07, 6.45) is 5.24. The first-order chi connectivity index (χ1) is 10.3. The van der Waals surface area contributed by atoms with E-state index in [4.69, 9.17) is 10.00 Å². The van der Waals surface area contributed by atoms with E-state index in [0.29, 0.717) is 18.7 Å². The number of hydrogen-bond donors (Lipinski definition) is 0. The van der Waals surface area contributed by atoms with E-state index in [1.165, 1.54) is 0 Å². The Bertz CT molecular complexity index is 658. The molecule has 6 heteroatoms. The van der Waals surface area contributed by atoms with E-state index in [2.05, 4.69) is 11.1 Å². The van der Waals surface area contributed by atoms with Crippen molar-refractivity contribution in [1.29, 1.82) is 5.26 Å². The second kappa shape index (κ2) is 5.77. The fraction of sp³-hybridized carbons (Fsp3) is 0.267. The van der Waals surface area contributed by atoms with Gasteiger partial charge in [0.25, 0.3) is 5.91 Å². The molecule has 1 amide bonds. The van der Waals surface area contributed by atoms with Gasteiger partial charge in [0.05, 0.1) is 25.6 Å². The number of nitrogens with zero attached hydrogens (tertiary/aromatic N) is 4. The topological polar surface area (TPSA) is 71.2 Å². The molecule has 1 saturated heterocycles. The lowest BCUT2D eigenvalue weighted by molar-refractivity contribution is 0.0132. The van der Waals surface area contributed by atoms with E-state index in [1.54, 1.807) is 29.6 Å². The monoisotopic (exact) mass is 282 g/mol. The lowest BCUT2D eigenvalue weighted by Gasteiger charge is -2.31. The molecule has 0 saturated carbocycles. The number of nitriles is 1. The lowest BCUT2D eigenvalue weighted by atomic mass is 10.1. The van der Waals surface area contributed by atoms with Crippen LogP contribution >= 0.6 is 0 Å². The van der Waals surface area contributed by atoms with Gasteiger partial charge in [0.15, 0.2) is 0 Å². The van der Waals surface area contributed by atoms with Gasteiger partial charge in [-0.25, -0.2) is 4.98 Å². The van der Waals surface area contributed by atoms with Gasteiger partial charge < -0.3 is 14.2 Å². The van der Waals surface area contributed by atoms with Crippen molar-refractivity contribution in [1.82, 2.24) is 14.5 Å². The fourth-order valence-electron chi connectivity index (χ4n) is 2.31. The van der Waals surface area contributed by atoms with Crippen LogP contribution in [0.15, 0.2) is 43.0 Å². The van der Waals surface area contributed by atoms with E-state index >= 15 is 0 Å².